The highest BCUT2D eigenvalue weighted by molar-refractivity contribution is 5.78. The average molecular weight is 407 g/mol. The van der Waals surface area contributed by atoms with Crippen LogP contribution in [0.25, 0.3) is 11.0 Å². The summed E-state index contributed by atoms with van der Waals surface area (Å²) in [6, 6.07) is 6.78. The van der Waals surface area contributed by atoms with Gasteiger partial charge in [-0.15, -0.1) is 0 Å². The molecule has 0 spiro atoms. The number of benzene rings is 1. The SMILES string of the molecule is CC(c1nc2ccccc2n1C(F)F)N1CCN(CC(=O)N2CCOCC2)CC1. The van der Waals surface area contributed by atoms with Crippen LogP contribution in [0.3, 0.4) is 0 Å². The quantitative estimate of drug-likeness (QED) is 0.759. The maximum Gasteiger partial charge on any atom is 0.320 e. The molecule has 1 atom stereocenters. The topological polar surface area (TPSA) is 53.8 Å². The van der Waals surface area contributed by atoms with Crippen molar-refractivity contribution in [1.82, 2.24) is 24.3 Å². The molecule has 1 amide bonds. The Labute approximate surface area is 168 Å². The van der Waals surface area contributed by atoms with Crippen LogP contribution in [0.4, 0.5) is 8.78 Å². The van der Waals surface area contributed by atoms with E-state index in [4.69, 9.17) is 4.74 Å². The minimum Gasteiger partial charge on any atom is -0.378 e. The van der Waals surface area contributed by atoms with E-state index < -0.39 is 6.55 Å². The van der Waals surface area contributed by atoms with E-state index in [2.05, 4.69) is 14.8 Å². The molecule has 158 valence electrons. The minimum absolute atomic E-state index is 0.134. The summed E-state index contributed by atoms with van der Waals surface area (Å²) < 4.78 is 33.8. The number of carbonyl (C=O) groups is 1. The molecule has 1 aromatic heterocycles. The number of piperazine rings is 1. The molecule has 2 aromatic rings. The van der Waals surface area contributed by atoms with E-state index in [1.165, 1.54) is 0 Å². The number of ether oxygens (including phenoxy) is 1. The number of halogens is 2. The van der Waals surface area contributed by atoms with E-state index in [1.807, 2.05) is 17.9 Å². The first-order valence-electron chi connectivity index (χ1n) is 10.1. The van der Waals surface area contributed by atoms with Gasteiger partial charge in [-0.2, -0.15) is 8.78 Å². The van der Waals surface area contributed by atoms with E-state index in [9.17, 15) is 13.6 Å². The van der Waals surface area contributed by atoms with Crippen molar-refractivity contribution in [2.45, 2.75) is 19.5 Å². The molecule has 2 aliphatic heterocycles. The van der Waals surface area contributed by atoms with E-state index in [-0.39, 0.29) is 11.9 Å². The predicted molar refractivity (Wildman–Crippen MR) is 105 cm³/mol. The number of nitrogens with zero attached hydrogens (tertiary/aromatic N) is 5. The van der Waals surface area contributed by atoms with Gasteiger partial charge in [0, 0.05) is 39.3 Å². The number of para-hydroxylation sites is 2. The lowest BCUT2D eigenvalue weighted by atomic mass is 10.2. The van der Waals surface area contributed by atoms with Crippen LogP contribution < -0.4 is 0 Å². The van der Waals surface area contributed by atoms with Crippen molar-refractivity contribution >= 4 is 16.9 Å². The van der Waals surface area contributed by atoms with Crippen molar-refractivity contribution in [3.8, 4) is 0 Å². The molecule has 1 aromatic carbocycles. The number of alkyl halides is 2. The fourth-order valence-corrected chi connectivity index (χ4v) is 4.14. The molecule has 9 heteroatoms. The predicted octanol–water partition coefficient (Wildman–Crippen LogP) is 1.97. The average Bonchev–Trinajstić information content (AvgIpc) is 3.14. The minimum atomic E-state index is -2.63. The Morgan fingerprint density at radius 2 is 1.79 bits per heavy atom. The fourth-order valence-electron chi connectivity index (χ4n) is 4.14. The first-order chi connectivity index (χ1) is 14.0. The lowest BCUT2D eigenvalue weighted by Crippen LogP contribution is -2.52. The summed E-state index contributed by atoms with van der Waals surface area (Å²) in [6.45, 7) is 5.08. The smallest absolute Gasteiger partial charge is 0.320 e. The van der Waals surface area contributed by atoms with Crippen molar-refractivity contribution in [3.63, 3.8) is 0 Å². The zero-order valence-corrected chi connectivity index (χ0v) is 16.6. The van der Waals surface area contributed by atoms with Crippen LogP contribution in [0, 0.1) is 0 Å². The van der Waals surface area contributed by atoms with Gasteiger partial charge in [0.05, 0.1) is 36.8 Å². The summed E-state index contributed by atoms with van der Waals surface area (Å²) in [5.41, 5.74) is 1.04. The van der Waals surface area contributed by atoms with Crippen LogP contribution in [0.15, 0.2) is 24.3 Å². The highest BCUT2D eigenvalue weighted by Gasteiger charge is 2.29. The molecule has 0 saturated carbocycles. The maximum absolute atomic E-state index is 13.7. The van der Waals surface area contributed by atoms with Crippen LogP contribution in [0.2, 0.25) is 0 Å². The van der Waals surface area contributed by atoms with Gasteiger partial charge >= 0.3 is 6.55 Å². The van der Waals surface area contributed by atoms with Gasteiger partial charge in [-0.3, -0.25) is 19.2 Å². The summed E-state index contributed by atoms with van der Waals surface area (Å²) in [7, 11) is 0. The van der Waals surface area contributed by atoms with E-state index in [1.54, 1.807) is 18.2 Å². The molecular formula is C20H27F2N5O2. The van der Waals surface area contributed by atoms with Gasteiger partial charge in [0.15, 0.2) is 0 Å². The normalized spacial score (nSPS) is 20.5. The van der Waals surface area contributed by atoms with Crippen molar-refractivity contribution in [1.29, 1.82) is 0 Å². The number of aromatic nitrogens is 2. The van der Waals surface area contributed by atoms with E-state index >= 15 is 0 Å². The summed E-state index contributed by atoms with van der Waals surface area (Å²) in [5.74, 6) is 0.522. The molecule has 2 aliphatic rings. The Hall–Kier alpha value is -2.10. The van der Waals surface area contributed by atoms with Crippen LogP contribution >= 0.6 is 0 Å². The van der Waals surface area contributed by atoms with E-state index in [0.717, 1.165) is 17.7 Å². The highest BCUT2D eigenvalue weighted by Crippen LogP contribution is 2.29. The summed E-state index contributed by atoms with van der Waals surface area (Å²) in [4.78, 5) is 23.1. The lowest BCUT2D eigenvalue weighted by molar-refractivity contribution is -0.137. The van der Waals surface area contributed by atoms with E-state index in [0.29, 0.717) is 62.8 Å². The third-order valence-corrected chi connectivity index (χ3v) is 5.87. The highest BCUT2D eigenvalue weighted by atomic mass is 19.3. The van der Waals surface area contributed by atoms with Crippen LogP contribution in [0.1, 0.15) is 25.3 Å². The lowest BCUT2D eigenvalue weighted by Gasteiger charge is -2.38. The monoisotopic (exact) mass is 407 g/mol. The van der Waals surface area contributed by atoms with Gasteiger partial charge in [-0.25, -0.2) is 4.98 Å². The van der Waals surface area contributed by atoms with Crippen molar-refractivity contribution < 1.29 is 18.3 Å². The molecule has 1 unspecified atom stereocenters. The zero-order chi connectivity index (χ0) is 20.4. The number of hydrogen-bond donors (Lipinski definition) is 0. The Balaban J connectivity index is 1.39. The molecule has 0 bridgehead atoms. The molecule has 2 fully saturated rings. The van der Waals surface area contributed by atoms with Crippen molar-refractivity contribution in [3.05, 3.63) is 30.1 Å². The fraction of sp³-hybridized carbons (Fsp3) is 0.600. The van der Waals surface area contributed by atoms with Gasteiger partial charge in [0.25, 0.3) is 0 Å². The van der Waals surface area contributed by atoms with Crippen LogP contribution in [-0.2, 0) is 9.53 Å². The third-order valence-electron chi connectivity index (χ3n) is 5.87. The van der Waals surface area contributed by atoms with Crippen LogP contribution in [0.5, 0.6) is 0 Å². The Morgan fingerprint density at radius 3 is 2.48 bits per heavy atom. The molecule has 0 aliphatic carbocycles. The number of rotatable bonds is 5. The first-order valence-corrected chi connectivity index (χ1v) is 10.1. The van der Waals surface area contributed by atoms with Gasteiger partial charge in [-0.05, 0) is 19.1 Å². The van der Waals surface area contributed by atoms with Crippen LogP contribution in [-0.4, -0.2) is 89.2 Å². The molecule has 2 saturated heterocycles. The Morgan fingerprint density at radius 1 is 1.10 bits per heavy atom. The number of fused-ring (bicyclic) bond motifs is 1. The number of hydrogen-bond acceptors (Lipinski definition) is 5. The number of morpholine rings is 1. The third kappa shape index (κ3) is 4.26. The van der Waals surface area contributed by atoms with Gasteiger partial charge < -0.3 is 9.64 Å². The largest absolute Gasteiger partial charge is 0.378 e. The van der Waals surface area contributed by atoms with Gasteiger partial charge in [0.2, 0.25) is 5.91 Å². The zero-order valence-electron chi connectivity index (χ0n) is 16.6. The second-order valence-electron chi connectivity index (χ2n) is 7.59. The number of carbonyl (C=O) groups excluding carboxylic acids is 1. The second-order valence-corrected chi connectivity index (χ2v) is 7.59. The summed E-state index contributed by atoms with van der Waals surface area (Å²) in [5, 5.41) is 0. The Kier molecular flexibility index (Phi) is 6.07. The molecule has 0 radical (unpaired) electrons. The number of amides is 1. The van der Waals surface area contributed by atoms with Crippen molar-refractivity contribution in [2.75, 3.05) is 59.0 Å². The Bertz CT molecular complexity index is 845. The standard InChI is InChI=1S/C20H27F2N5O2/c1-15(19-23-16-4-2-3-5-17(16)27(19)20(21)22)25-8-6-24(7-9-25)14-18(28)26-10-12-29-13-11-26/h2-5,15,20H,6-14H2,1H3. The summed E-state index contributed by atoms with van der Waals surface area (Å²) in [6.07, 6.45) is 0. The molecular weight excluding hydrogens is 380 g/mol. The van der Waals surface area contributed by atoms with Gasteiger partial charge in [-0.1, -0.05) is 12.1 Å². The number of imidazole rings is 1. The summed E-state index contributed by atoms with van der Waals surface area (Å²) >= 11 is 0. The second kappa shape index (κ2) is 8.73. The van der Waals surface area contributed by atoms with Crippen molar-refractivity contribution in [2.24, 2.45) is 0 Å². The molecule has 3 heterocycles. The molecule has 29 heavy (non-hydrogen) atoms. The van der Waals surface area contributed by atoms with Gasteiger partial charge in [0.1, 0.15) is 5.82 Å². The molecule has 4 rings (SSSR count). The molecule has 7 nitrogen and oxygen atoms in total. The maximum atomic E-state index is 13.7. The molecule has 0 N–H and O–H groups in total. The first kappa shape index (κ1) is 20.2.